The van der Waals surface area contributed by atoms with Crippen molar-refractivity contribution in [2.24, 2.45) is 0 Å². The van der Waals surface area contributed by atoms with Gasteiger partial charge in [0, 0.05) is 22.2 Å². The summed E-state index contributed by atoms with van der Waals surface area (Å²) in [4.78, 5) is 29.9. The van der Waals surface area contributed by atoms with E-state index in [0.29, 0.717) is 0 Å². The Morgan fingerprint density at radius 3 is 1.03 bits per heavy atom. The molecule has 168 valence electrons. The van der Waals surface area contributed by atoms with Crippen LogP contribution in [-0.2, 0) is 9.59 Å². The Morgan fingerprint density at radius 1 is 0.600 bits per heavy atom. The van der Waals surface area contributed by atoms with Gasteiger partial charge in [0.2, 0.25) is 11.8 Å². The smallest absolute Gasteiger partial charge is 0.247 e. The molecule has 2 aliphatic heterocycles. The molecule has 0 radical (unpaired) electrons. The lowest BCUT2D eigenvalue weighted by atomic mass is 9.69. The molecule has 2 heterocycles. The van der Waals surface area contributed by atoms with Crippen molar-refractivity contribution in [2.75, 3.05) is 0 Å². The minimum absolute atomic E-state index is 0.0870. The van der Waals surface area contributed by atoms with Crippen LogP contribution in [-0.4, -0.2) is 43.8 Å². The van der Waals surface area contributed by atoms with Crippen molar-refractivity contribution >= 4 is 11.8 Å². The first-order valence-corrected chi connectivity index (χ1v) is 11.2. The van der Waals surface area contributed by atoms with Crippen LogP contribution in [0.2, 0.25) is 0 Å². The highest BCUT2D eigenvalue weighted by atomic mass is 16.2. The number of hydrogen-bond acceptors (Lipinski definition) is 2. The lowest BCUT2D eigenvalue weighted by molar-refractivity contribution is -0.143. The van der Waals surface area contributed by atoms with E-state index >= 15 is 0 Å². The van der Waals surface area contributed by atoms with E-state index in [0.717, 1.165) is 25.7 Å². The monoisotopic (exact) mass is 414 g/mol. The molecule has 0 aromatic carbocycles. The van der Waals surface area contributed by atoms with E-state index in [1.807, 2.05) is 26.0 Å². The highest BCUT2D eigenvalue weighted by Gasteiger charge is 2.49. The molecule has 0 spiro atoms. The molecule has 0 unspecified atom stereocenters. The zero-order valence-electron chi connectivity index (χ0n) is 20.8. The largest absolute Gasteiger partial charge is 0.328 e. The molecule has 2 amide bonds. The summed E-state index contributed by atoms with van der Waals surface area (Å²) in [5.74, 6) is 0.174. The van der Waals surface area contributed by atoms with Crippen LogP contribution in [0.5, 0.6) is 0 Å². The number of hydrogen-bond donors (Lipinski definition) is 0. The molecule has 4 heteroatoms. The van der Waals surface area contributed by atoms with Gasteiger partial charge in [-0.3, -0.25) is 9.59 Å². The maximum absolute atomic E-state index is 12.9. The molecule has 0 N–H and O–H groups in total. The Labute approximate surface area is 184 Å². The summed E-state index contributed by atoms with van der Waals surface area (Å²) in [6.45, 7) is 21.2. The average Bonchev–Trinajstić information content (AvgIpc) is 2.50. The first kappa shape index (κ1) is 24.4. The third kappa shape index (κ3) is 4.58. The topological polar surface area (TPSA) is 40.6 Å². The summed E-state index contributed by atoms with van der Waals surface area (Å²) >= 11 is 0. The van der Waals surface area contributed by atoms with Crippen molar-refractivity contribution in [2.45, 2.75) is 117 Å². The molecule has 0 atom stereocenters. The molecule has 0 aromatic heterocycles. The number of nitrogens with zero attached hydrogens (tertiary/aromatic N) is 2. The summed E-state index contributed by atoms with van der Waals surface area (Å²) < 4.78 is 0. The van der Waals surface area contributed by atoms with E-state index in [4.69, 9.17) is 0 Å². The van der Waals surface area contributed by atoms with Gasteiger partial charge in [-0.2, -0.15) is 0 Å². The molecular weight excluding hydrogens is 372 g/mol. The quantitative estimate of drug-likeness (QED) is 0.423. The van der Waals surface area contributed by atoms with Gasteiger partial charge in [-0.05, 0) is 107 Å². The van der Waals surface area contributed by atoms with Crippen LogP contribution in [0.1, 0.15) is 94.9 Å². The summed E-state index contributed by atoms with van der Waals surface area (Å²) in [5.41, 5.74) is 1.90. The van der Waals surface area contributed by atoms with E-state index in [1.165, 1.54) is 11.1 Å². The van der Waals surface area contributed by atoms with E-state index < -0.39 is 0 Å². The van der Waals surface area contributed by atoms with Crippen molar-refractivity contribution in [3.05, 3.63) is 35.5 Å². The predicted molar refractivity (Wildman–Crippen MR) is 125 cm³/mol. The molecule has 2 aliphatic rings. The summed E-state index contributed by atoms with van der Waals surface area (Å²) in [6, 6.07) is 0. The second kappa shape index (κ2) is 8.01. The Hall–Kier alpha value is -1.84. The molecule has 0 aromatic rings. The van der Waals surface area contributed by atoms with Crippen LogP contribution in [0.15, 0.2) is 35.5 Å². The minimum atomic E-state index is -0.257. The first-order valence-electron chi connectivity index (χ1n) is 11.2. The normalized spacial score (nSPS) is 25.3. The van der Waals surface area contributed by atoms with E-state index in [-0.39, 0.29) is 34.0 Å². The van der Waals surface area contributed by atoms with Gasteiger partial charge in [-0.15, -0.1) is 0 Å². The van der Waals surface area contributed by atoms with Gasteiger partial charge in [-0.25, -0.2) is 0 Å². The van der Waals surface area contributed by atoms with Crippen molar-refractivity contribution in [1.82, 2.24) is 9.80 Å². The molecular formula is C26H42N2O2. The van der Waals surface area contributed by atoms with Gasteiger partial charge in [-0.1, -0.05) is 23.3 Å². The molecule has 4 nitrogen and oxygen atoms in total. The number of carbonyl (C=O) groups excluding carboxylic acids is 2. The van der Waals surface area contributed by atoms with E-state index in [1.54, 1.807) is 12.2 Å². The fraction of sp³-hybridized carbons (Fsp3) is 0.692. The third-order valence-corrected chi connectivity index (χ3v) is 6.56. The molecule has 0 saturated carbocycles. The lowest BCUT2D eigenvalue weighted by Crippen LogP contribution is -2.63. The summed E-state index contributed by atoms with van der Waals surface area (Å²) in [6.07, 6.45) is 10.5. The Kier molecular flexibility index (Phi) is 6.53. The zero-order valence-corrected chi connectivity index (χ0v) is 20.8. The number of rotatable bonds is 2. The standard InChI is InChI=1S/C26H42N2O2/c1-11-13-21(29)27-23(3,4)15-19(16-24(27,5)6)20-17-25(7,8)28(22(30)14-12-2)26(9,10)18-20/h11-14H,15-18H2,1-10H3/b13-11+,14-12+. The van der Waals surface area contributed by atoms with Crippen LogP contribution in [0, 0.1) is 0 Å². The zero-order chi connectivity index (χ0) is 23.1. The molecule has 2 rings (SSSR count). The lowest BCUT2D eigenvalue weighted by Gasteiger charge is -2.57. The predicted octanol–water partition coefficient (Wildman–Crippen LogP) is 5.79. The van der Waals surface area contributed by atoms with Crippen LogP contribution >= 0.6 is 0 Å². The average molecular weight is 415 g/mol. The Morgan fingerprint density at radius 2 is 0.833 bits per heavy atom. The van der Waals surface area contributed by atoms with Crippen LogP contribution in [0.3, 0.4) is 0 Å². The van der Waals surface area contributed by atoms with Crippen LogP contribution < -0.4 is 0 Å². The van der Waals surface area contributed by atoms with Crippen LogP contribution in [0.25, 0.3) is 0 Å². The SMILES string of the molecule is C/C=C/C(=O)N1C(C)(C)CC(=C2CC(C)(C)N(C(=O)/C=C/C)C(C)(C)C2)CC1(C)C. The van der Waals surface area contributed by atoms with Gasteiger partial charge in [0.1, 0.15) is 0 Å². The van der Waals surface area contributed by atoms with Gasteiger partial charge < -0.3 is 9.80 Å². The minimum Gasteiger partial charge on any atom is -0.328 e. The van der Waals surface area contributed by atoms with Gasteiger partial charge >= 0.3 is 0 Å². The van der Waals surface area contributed by atoms with Crippen LogP contribution in [0.4, 0.5) is 0 Å². The maximum Gasteiger partial charge on any atom is 0.247 e. The number of likely N-dealkylation sites (tertiary alicyclic amines) is 2. The fourth-order valence-electron chi connectivity index (χ4n) is 6.30. The highest BCUT2D eigenvalue weighted by molar-refractivity contribution is 5.89. The second-order valence-electron chi connectivity index (χ2n) is 11.5. The van der Waals surface area contributed by atoms with Crippen molar-refractivity contribution in [3.63, 3.8) is 0 Å². The van der Waals surface area contributed by atoms with Crippen molar-refractivity contribution in [1.29, 1.82) is 0 Å². The van der Waals surface area contributed by atoms with Crippen molar-refractivity contribution in [3.8, 4) is 0 Å². The number of piperidine rings is 2. The molecule has 0 bridgehead atoms. The second-order valence-corrected chi connectivity index (χ2v) is 11.5. The van der Waals surface area contributed by atoms with Gasteiger partial charge in [0.15, 0.2) is 0 Å². The Bertz CT molecular complexity index is 688. The Balaban J connectivity index is 2.48. The summed E-state index contributed by atoms with van der Waals surface area (Å²) in [7, 11) is 0. The van der Waals surface area contributed by atoms with E-state index in [2.05, 4.69) is 65.2 Å². The molecule has 2 fully saturated rings. The van der Waals surface area contributed by atoms with E-state index in [9.17, 15) is 9.59 Å². The maximum atomic E-state index is 12.9. The van der Waals surface area contributed by atoms with Crippen molar-refractivity contribution < 1.29 is 9.59 Å². The molecule has 0 aliphatic carbocycles. The summed E-state index contributed by atoms with van der Waals surface area (Å²) in [5, 5.41) is 0. The molecule has 30 heavy (non-hydrogen) atoms. The fourth-order valence-corrected chi connectivity index (χ4v) is 6.30. The number of carbonyl (C=O) groups is 2. The number of amides is 2. The number of allylic oxidation sites excluding steroid dienone is 2. The van der Waals surface area contributed by atoms with Gasteiger partial charge in [0.05, 0.1) is 0 Å². The third-order valence-electron chi connectivity index (χ3n) is 6.56. The first-order chi connectivity index (χ1) is 13.6. The highest BCUT2D eigenvalue weighted by Crippen LogP contribution is 2.48. The molecule has 2 saturated heterocycles. The van der Waals surface area contributed by atoms with Gasteiger partial charge in [0.25, 0.3) is 0 Å².